The first-order chi connectivity index (χ1) is 9.74. The molecule has 2 N–H and O–H groups in total. The molecule has 0 aromatic carbocycles. The van der Waals surface area contributed by atoms with E-state index in [1.54, 1.807) is 11.7 Å². The second-order valence-electron chi connectivity index (χ2n) is 4.73. The minimum absolute atomic E-state index is 0.505. The van der Waals surface area contributed by atoms with Crippen LogP contribution in [-0.2, 0) is 7.05 Å². The fourth-order valence-corrected chi connectivity index (χ4v) is 2.19. The van der Waals surface area contributed by atoms with Gasteiger partial charge in [-0.3, -0.25) is 4.68 Å². The van der Waals surface area contributed by atoms with Crippen LogP contribution in [0.25, 0.3) is 0 Å². The quantitative estimate of drug-likeness (QED) is 0.860. The van der Waals surface area contributed by atoms with Gasteiger partial charge in [0.05, 0.1) is 0 Å². The van der Waals surface area contributed by atoms with E-state index in [0.717, 1.165) is 13.1 Å². The summed E-state index contributed by atoms with van der Waals surface area (Å²) in [6, 6.07) is 1.87. The first-order valence-electron chi connectivity index (χ1n) is 6.70. The number of anilines is 4. The maximum atomic E-state index is 4.47. The Hall–Kier alpha value is -2.38. The van der Waals surface area contributed by atoms with Crippen LogP contribution < -0.4 is 15.5 Å². The average Bonchev–Trinajstić information content (AvgIpc) is 3.10. The molecule has 2 aromatic heterocycles. The summed E-state index contributed by atoms with van der Waals surface area (Å²) < 4.78 is 1.73. The molecule has 106 valence electrons. The van der Waals surface area contributed by atoms with Crippen LogP contribution in [0.4, 0.5) is 23.7 Å². The Bertz CT molecular complexity index is 587. The second kappa shape index (κ2) is 5.32. The molecule has 0 saturated carbocycles. The topological polar surface area (TPSA) is 83.8 Å². The standard InChI is InChI=1S/C12H18N8/c1-13-10-15-11(14-9-5-8-19(2)18-9)17-12(16-10)20-6-3-4-7-20/h5,8H,3-4,6-7H2,1-2H3,(H2,13,14,15,16,17,18). The summed E-state index contributed by atoms with van der Waals surface area (Å²) in [6.07, 6.45) is 4.23. The Kier molecular flexibility index (Phi) is 3.36. The third kappa shape index (κ3) is 2.63. The largest absolute Gasteiger partial charge is 0.357 e. The van der Waals surface area contributed by atoms with E-state index in [4.69, 9.17) is 0 Å². The average molecular weight is 274 g/mol. The molecule has 8 nitrogen and oxygen atoms in total. The van der Waals surface area contributed by atoms with Crippen molar-refractivity contribution in [1.29, 1.82) is 0 Å². The number of rotatable bonds is 4. The van der Waals surface area contributed by atoms with Crippen LogP contribution in [-0.4, -0.2) is 44.9 Å². The molecule has 1 aliphatic rings. The van der Waals surface area contributed by atoms with E-state index in [9.17, 15) is 0 Å². The lowest BCUT2D eigenvalue weighted by atomic mass is 10.4. The summed E-state index contributed by atoms with van der Waals surface area (Å²) >= 11 is 0. The second-order valence-corrected chi connectivity index (χ2v) is 4.73. The summed E-state index contributed by atoms with van der Waals surface area (Å²) in [5.74, 6) is 2.48. The van der Waals surface area contributed by atoms with Gasteiger partial charge < -0.3 is 15.5 Å². The molecular formula is C12H18N8. The molecule has 1 aliphatic heterocycles. The van der Waals surface area contributed by atoms with Gasteiger partial charge in [0.1, 0.15) is 0 Å². The van der Waals surface area contributed by atoms with Crippen LogP contribution in [0.5, 0.6) is 0 Å². The van der Waals surface area contributed by atoms with Crippen molar-refractivity contribution >= 4 is 23.7 Å². The van der Waals surface area contributed by atoms with Gasteiger partial charge in [-0.2, -0.15) is 20.1 Å². The van der Waals surface area contributed by atoms with Crippen molar-refractivity contribution in [1.82, 2.24) is 24.7 Å². The van der Waals surface area contributed by atoms with Gasteiger partial charge >= 0.3 is 0 Å². The molecular weight excluding hydrogens is 256 g/mol. The fourth-order valence-electron chi connectivity index (χ4n) is 2.19. The van der Waals surface area contributed by atoms with Crippen LogP contribution >= 0.6 is 0 Å². The van der Waals surface area contributed by atoms with Crippen molar-refractivity contribution in [2.45, 2.75) is 12.8 Å². The van der Waals surface area contributed by atoms with Gasteiger partial charge in [0, 0.05) is 39.4 Å². The molecule has 3 heterocycles. The molecule has 2 aromatic rings. The van der Waals surface area contributed by atoms with Crippen molar-refractivity contribution in [3.63, 3.8) is 0 Å². The number of hydrogen-bond donors (Lipinski definition) is 2. The number of nitrogens with one attached hydrogen (secondary N) is 2. The summed E-state index contributed by atoms with van der Waals surface area (Å²) in [7, 11) is 3.67. The third-order valence-corrected chi connectivity index (χ3v) is 3.19. The molecule has 1 fully saturated rings. The summed E-state index contributed by atoms with van der Waals surface area (Å²) in [6.45, 7) is 1.99. The predicted octanol–water partition coefficient (Wildman–Crippen LogP) is 0.991. The van der Waals surface area contributed by atoms with Crippen LogP contribution in [0.2, 0.25) is 0 Å². The lowest BCUT2D eigenvalue weighted by molar-refractivity contribution is 0.770. The molecule has 0 bridgehead atoms. The number of aromatic nitrogens is 5. The summed E-state index contributed by atoms with van der Waals surface area (Å²) in [4.78, 5) is 15.4. The summed E-state index contributed by atoms with van der Waals surface area (Å²) in [5, 5.41) is 10.3. The van der Waals surface area contributed by atoms with Gasteiger partial charge in [-0.15, -0.1) is 0 Å². The van der Waals surface area contributed by atoms with Crippen molar-refractivity contribution in [2.24, 2.45) is 7.05 Å². The van der Waals surface area contributed by atoms with Crippen LogP contribution in [0.3, 0.4) is 0 Å². The highest BCUT2D eigenvalue weighted by molar-refractivity contribution is 5.51. The van der Waals surface area contributed by atoms with Crippen molar-refractivity contribution in [2.75, 3.05) is 35.7 Å². The molecule has 1 saturated heterocycles. The van der Waals surface area contributed by atoms with E-state index in [0.29, 0.717) is 23.7 Å². The van der Waals surface area contributed by atoms with Gasteiger partial charge in [0.2, 0.25) is 17.8 Å². The van der Waals surface area contributed by atoms with Crippen LogP contribution in [0, 0.1) is 0 Å². The monoisotopic (exact) mass is 274 g/mol. The summed E-state index contributed by atoms with van der Waals surface area (Å²) in [5.41, 5.74) is 0. The normalized spacial score (nSPS) is 14.6. The SMILES string of the molecule is CNc1nc(Nc2ccn(C)n2)nc(N2CCCC2)n1. The Balaban J connectivity index is 1.87. The Morgan fingerprint density at radius 2 is 1.85 bits per heavy atom. The Morgan fingerprint density at radius 1 is 1.10 bits per heavy atom. The van der Waals surface area contributed by atoms with Crippen LogP contribution in [0.15, 0.2) is 12.3 Å². The predicted molar refractivity (Wildman–Crippen MR) is 77.3 cm³/mol. The first kappa shape index (κ1) is 12.6. The first-order valence-corrected chi connectivity index (χ1v) is 6.70. The fraction of sp³-hybridized carbons (Fsp3) is 0.500. The zero-order chi connectivity index (χ0) is 13.9. The van der Waals surface area contributed by atoms with Crippen molar-refractivity contribution in [3.8, 4) is 0 Å². The molecule has 0 atom stereocenters. The van der Waals surface area contributed by atoms with E-state index < -0.39 is 0 Å². The smallest absolute Gasteiger partial charge is 0.235 e. The van der Waals surface area contributed by atoms with Crippen molar-refractivity contribution in [3.05, 3.63) is 12.3 Å². The zero-order valence-electron chi connectivity index (χ0n) is 11.7. The van der Waals surface area contributed by atoms with Crippen LogP contribution in [0.1, 0.15) is 12.8 Å². The Morgan fingerprint density at radius 3 is 2.50 bits per heavy atom. The molecule has 0 amide bonds. The molecule has 0 radical (unpaired) electrons. The molecule has 20 heavy (non-hydrogen) atoms. The van der Waals surface area contributed by atoms with E-state index in [2.05, 4.69) is 35.6 Å². The number of nitrogens with zero attached hydrogens (tertiary/aromatic N) is 6. The zero-order valence-corrected chi connectivity index (χ0v) is 11.7. The van der Waals surface area contributed by atoms with Gasteiger partial charge in [-0.25, -0.2) is 0 Å². The van der Waals surface area contributed by atoms with E-state index in [1.807, 2.05) is 19.3 Å². The molecule has 8 heteroatoms. The molecule has 0 aliphatic carbocycles. The maximum Gasteiger partial charge on any atom is 0.235 e. The van der Waals surface area contributed by atoms with Crippen molar-refractivity contribution < 1.29 is 0 Å². The van der Waals surface area contributed by atoms with Gasteiger partial charge in [0.25, 0.3) is 0 Å². The maximum absolute atomic E-state index is 4.47. The number of aryl methyl sites for hydroxylation is 1. The number of hydrogen-bond acceptors (Lipinski definition) is 7. The molecule has 0 spiro atoms. The third-order valence-electron chi connectivity index (χ3n) is 3.19. The minimum Gasteiger partial charge on any atom is -0.357 e. The van der Waals surface area contributed by atoms with E-state index >= 15 is 0 Å². The van der Waals surface area contributed by atoms with Gasteiger partial charge in [-0.1, -0.05) is 0 Å². The molecule has 3 rings (SSSR count). The highest BCUT2D eigenvalue weighted by Crippen LogP contribution is 2.19. The van der Waals surface area contributed by atoms with E-state index in [-0.39, 0.29) is 0 Å². The molecule has 0 unspecified atom stereocenters. The van der Waals surface area contributed by atoms with E-state index in [1.165, 1.54) is 12.8 Å². The minimum atomic E-state index is 0.505. The lowest BCUT2D eigenvalue weighted by Crippen LogP contribution is -2.21. The highest BCUT2D eigenvalue weighted by Gasteiger charge is 2.17. The van der Waals surface area contributed by atoms with Gasteiger partial charge in [0.15, 0.2) is 5.82 Å². The Labute approximate surface area is 117 Å². The van der Waals surface area contributed by atoms with Gasteiger partial charge in [-0.05, 0) is 12.8 Å². The highest BCUT2D eigenvalue weighted by atomic mass is 15.4. The lowest BCUT2D eigenvalue weighted by Gasteiger charge is -2.16.